The summed E-state index contributed by atoms with van der Waals surface area (Å²) < 4.78 is 9.55. The lowest BCUT2D eigenvalue weighted by molar-refractivity contribution is -0.168. The van der Waals surface area contributed by atoms with Gasteiger partial charge < -0.3 is 14.6 Å². The van der Waals surface area contributed by atoms with Crippen molar-refractivity contribution in [1.29, 1.82) is 0 Å². The standard InChI is InChI=1S/C24H40O5/c1-17(11-15-29-21(26)16-20(25)28-6)8-9-19-23(4)13-7-12-22(2,3)18(23)10-14-24(19,5)27/h11,18-19,27H,7-10,12-16H2,1-6H3/b17-11+/t18-,19+,23-,24+/m0/s1. The summed E-state index contributed by atoms with van der Waals surface area (Å²) in [6.45, 7) is 11.4. The van der Waals surface area contributed by atoms with E-state index in [2.05, 4.69) is 25.5 Å². The predicted molar refractivity (Wildman–Crippen MR) is 113 cm³/mol. The summed E-state index contributed by atoms with van der Waals surface area (Å²) in [5, 5.41) is 11.2. The quantitative estimate of drug-likeness (QED) is 0.372. The van der Waals surface area contributed by atoms with E-state index in [0.717, 1.165) is 31.3 Å². The minimum atomic E-state index is -0.633. The van der Waals surface area contributed by atoms with Crippen molar-refractivity contribution in [1.82, 2.24) is 0 Å². The molecule has 4 atom stereocenters. The third kappa shape index (κ3) is 5.62. The SMILES string of the molecule is COC(=O)CC(=O)OC/C=C(\C)CC[C@@H]1[C@@]2(C)CCCC(C)(C)[C@@H]2CC[C@@]1(C)O. The van der Waals surface area contributed by atoms with E-state index in [1.54, 1.807) is 0 Å². The van der Waals surface area contributed by atoms with Gasteiger partial charge in [-0.1, -0.05) is 32.8 Å². The molecule has 0 spiro atoms. The maximum absolute atomic E-state index is 11.6. The van der Waals surface area contributed by atoms with Crippen LogP contribution in [-0.4, -0.2) is 36.4 Å². The van der Waals surface area contributed by atoms with Crippen LogP contribution in [0.5, 0.6) is 0 Å². The normalized spacial score (nSPS) is 34.2. The van der Waals surface area contributed by atoms with Gasteiger partial charge in [0.15, 0.2) is 0 Å². The Balaban J connectivity index is 1.98. The lowest BCUT2D eigenvalue weighted by Crippen LogP contribution is -2.57. The summed E-state index contributed by atoms with van der Waals surface area (Å²) in [6.07, 6.45) is 9.03. The topological polar surface area (TPSA) is 72.8 Å². The largest absolute Gasteiger partial charge is 0.469 e. The van der Waals surface area contributed by atoms with Crippen molar-refractivity contribution in [3.05, 3.63) is 11.6 Å². The molecule has 0 aliphatic heterocycles. The van der Waals surface area contributed by atoms with Crippen molar-refractivity contribution in [3.8, 4) is 0 Å². The van der Waals surface area contributed by atoms with Gasteiger partial charge in [-0.15, -0.1) is 0 Å². The van der Waals surface area contributed by atoms with Crippen molar-refractivity contribution in [3.63, 3.8) is 0 Å². The molecule has 0 aromatic carbocycles. The molecule has 29 heavy (non-hydrogen) atoms. The fourth-order valence-electron chi connectivity index (χ4n) is 6.26. The Bertz CT molecular complexity index is 633. The van der Waals surface area contributed by atoms with Gasteiger partial charge in [-0.3, -0.25) is 9.59 Å². The first-order valence-electron chi connectivity index (χ1n) is 11.0. The van der Waals surface area contributed by atoms with Gasteiger partial charge in [-0.05, 0) is 81.1 Å². The summed E-state index contributed by atoms with van der Waals surface area (Å²) in [4.78, 5) is 22.6. The van der Waals surface area contributed by atoms with Gasteiger partial charge >= 0.3 is 11.9 Å². The summed E-state index contributed by atoms with van der Waals surface area (Å²) in [5.41, 5.74) is 1.01. The number of rotatable bonds is 7. The minimum Gasteiger partial charge on any atom is -0.469 e. The predicted octanol–water partition coefficient (Wildman–Crippen LogP) is 4.81. The zero-order chi connectivity index (χ0) is 21.9. The van der Waals surface area contributed by atoms with Gasteiger partial charge in [0.1, 0.15) is 13.0 Å². The van der Waals surface area contributed by atoms with Crippen LogP contribution < -0.4 is 0 Å². The number of aliphatic hydroxyl groups is 1. The minimum absolute atomic E-state index is 0.162. The molecule has 0 radical (unpaired) electrons. The molecule has 2 aliphatic carbocycles. The maximum atomic E-state index is 11.6. The molecule has 5 heteroatoms. The highest BCUT2D eigenvalue weighted by atomic mass is 16.5. The number of esters is 2. The van der Waals surface area contributed by atoms with Crippen LogP contribution in [0.15, 0.2) is 11.6 Å². The second kappa shape index (κ2) is 9.20. The summed E-state index contributed by atoms with van der Waals surface area (Å²) >= 11 is 0. The molecule has 2 fully saturated rings. The highest BCUT2D eigenvalue weighted by Gasteiger charge is 2.57. The van der Waals surface area contributed by atoms with Crippen LogP contribution in [0.1, 0.15) is 86.0 Å². The molecule has 0 heterocycles. The van der Waals surface area contributed by atoms with Gasteiger partial charge in [0, 0.05) is 0 Å². The molecule has 0 unspecified atom stereocenters. The van der Waals surface area contributed by atoms with Gasteiger partial charge in [-0.2, -0.15) is 0 Å². The Morgan fingerprint density at radius 1 is 1.10 bits per heavy atom. The summed E-state index contributed by atoms with van der Waals surface area (Å²) in [6, 6.07) is 0. The molecule has 0 amide bonds. The van der Waals surface area contributed by atoms with Crippen LogP contribution >= 0.6 is 0 Å². The summed E-state index contributed by atoms with van der Waals surface area (Å²) in [7, 11) is 1.25. The van der Waals surface area contributed by atoms with Crippen LogP contribution in [0.3, 0.4) is 0 Å². The first-order valence-corrected chi connectivity index (χ1v) is 11.0. The average Bonchev–Trinajstić information content (AvgIpc) is 2.59. The van der Waals surface area contributed by atoms with Crippen LogP contribution in [0.4, 0.5) is 0 Å². The Morgan fingerprint density at radius 3 is 2.45 bits per heavy atom. The molecule has 0 aromatic heterocycles. The van der Waals surface area contributed by atoms with Crippen molar-refractivity contribution in [2.24, 2.45) is 22.7 Å². The second-order valence-corrected chi connectivity index (χ2v) is 10.4. The van der Waals surface area contributed by atoms with Crippen molar-refractivity contribution < 1.29 is 24.2 Å². The lowest BCUT2D eigenvalue weighted by atomic mass is 9.45. The fourth-order valence-corrected chi connectivity index (χ4v) is 6.26. The van der Waals surface area contributed by atoms with Crippen LogP contribution in [0.2, 0.25) is 0 Å². The highest BCUT2D eigenvalue weighted by molar-refractivity contribution is 5.91. The van der Waals surface area contributed by atoms with Gasteiger partial charge in [0.25, 0.3) is 0 Å². The lowest BCUT2D eigenvalue weighted by Gasteiger charge is -2.61. The van der Waals surface area contributed by atoms with Crippen LogP contribution in [-0.2, 0) is 19.1 Å². The highest BCUT2D eigenvalue weighted by Crippen LogP contribution is 2.62. The third-order valence-corrected chi connectivity index (χ3v) is 7.78. The Hall–Kier alpha value is -1.36. The Morgan fingerprint density at radius 2 is 1.79 bits per heavy atom. The molecule has 0 bridgehead atoms. The molecule has 0 aromatic rings. The third-order valence-electron chi connectivity index (χ3n) is 7.78. The maximum Gasteiger partial charge on any atom is 0.317 e. The Labute approximate surface area is 176 Å². The number of ether oxygens (including phenoxy) is 2. The number of hydrogen-bond donors (Lipinski definition) is 1. The zero-order valence-electron chi connectivity index (χ0n) is 19.2. The molecular formula is C24H40O5. The smallest absolute Gasteiger partial charge is 0.317 e. The van der Waals surface area contributed by atoms with E-state index >= 15 is 0 Å². The van der Waals surface area contributed by atoms with E-state index in [1.807, 2.05) is 19.9 Å². The first kappa shape index (κ1) is 23.9. The van der Waals surface area contributed by atoms with Crippen molar-refractivity contribution >= 4 is 11.9 Å². The van der Waals surface area contributed by atoms with Gasteiger partial charge in [0.2, 0.25) is 0 Å². The summed E-state index contributed by atoms with van der Waals surface area (Å²) in [5.74, 6) is -0.250. The molecule has 1 N–H and O–H groups in total. The second-order valence-electron chi connectivity index (χ2n) is 10.4. The Kier molecular flexibility index (Phi) is 7.58. The van der Waals surface area contributed by atoms with E-state index in [0.29, 0.717) is 11.3 Å². The molecule has 0 saturated heterocycles. The van der Waals surface area contributed by atoms with E-state index in [-0.39, 0.29) is 24.4 Å². The van der Waals surface area contributed by atoms with E-state index < -0.39 is 17.5 Å². The molecule has 5 nitrogen and oxygen atoms in total. The number of allylic oxidation sites excluding steroid dienone is 1. The van der Waals surface area contributed by atoms with Crippen molar-refractivity contribution in [2.75, 3.05) is 13.7 Å². The molecule has 2 rings (SSSR count). The number of fused-ring (bicyclic) bond motifs is 1. The van der Waals surface area contributed by atoms with E-state index in [1.165, 1.54) is 26.4 Å². The zero-order valence-corrected chi connectivity index (χ0v) is 19.2. The van der Waals surface area contributed by atoms with E-state index in [9.17, 15) is 14.7 Å². The van der Waals surface area contributed by atoms with Gasteiger partial charge in [-0.25, -0.2) is 0 Å². The number of hydrogen-bond acceptors (Lipinski definition) is 5. The van der Waals surface area contributed by atoms with Gasteiger partial charge in [0.05, 0.1) is 12.7 Å². The molecule has 166 valence electrons. The van der Waals surface area contributed by atoms with Crippen molar-refractivity contribution in [2.45, 2.75) is 91.6 Å². The van der Waals surface area contributed by atoms with E-state index in [4.69, 9.17) is 4.74 Å². The number of carbonyl (C=O) groups is 2. The monoisotopic (exact) mass is 408 g/mol. The van der Waals surface area contributed by atoms with Crippen LogP contribution in [0, 0.1) is 22.7 Å². The first-order chi connectivity index (χ1) is 13.4. The fraction of sp³-hybridized carbons (Fsp3) is 0.833. The average molecular weight is 409 g/mol. The molecule has 2 aliphatic rings. The number of methoxy groups -OCH3 is 1. The molecule has 2 saturated carbocycles. The number of carbonyl (C=O) groups excluding carboxylic acids is 2. The van der Waals surface area contributed by atoms with Crippen LogP contribution in [0.25, 0.3) is 0 Å². The molecular weight excluding hydrogens is 368 g/mol.